The first-order chi connectivity index (χ1) is 9.20. The number of ether oxygens (including phenoxy) is 1. The van der Waals surface area contributed by atoms with E-state index in [0.29, 0.717) is 0 Å². The fourth-order valence-corrected chi connectivity index (χ4v) is 3.64. The van der Waals surface area contributed by atoms with Crippen molar-refractivity contribution in [2.75, 3.05) is 13.1 Å². The van der Waals surface area contributed by atoms with Crippen molar-refractivity contribution in [2.24, 2.45) is 0 Å². The van der Waals surface area contributed by atoms with Gasteiger partial charge < -0.3 is 10.1 Å². The van der Waals surface area contributed by atoms with Crippen LogP contribution in [0.1, 0.15) is 44.6 Å². The summed E-state index contributed by atoms with van der Waals surface area (Å²) in [7, 11) is 0. The Labute approximate surface area is 116 Å². The van der Waals surface area contributed by atoms with Crippen molar-refractivity contribution in [2.45, 2.75) is 56.7 Å². The Hall–Kier alpha value is -0.860. The SMILES string of the molecule is CC1(CCc2ccccc2)CNCC2(CCCC2)O1. The normalized spacial score (nSPS) is 29.7. The van der Waals surface area contributed by atoms with Gasteiger partial charge in [-0.1, -0.05) is 43.2 Å². The van der Waals surface area contributed by atoms with Crippen LogP contribution >= 0.6 is 0 Å². The molecule has 104 valence electrons. The number of hydrogen-bond donors (Lipinski definition) is 1. The van der Waals surface area contributed by atoms with E-state index in [9.17, 15) is 0 Å². The summed E-state index contributed by atoms with van der Waals surface area (Å²) >= 11 is 0. The predicted octanol–water partition coefficient (Wildman–Crippen LogP) is 3.31. The molecule has 1 spiro atoms. The van der Waals surface area contributed by atoms with Gasteiger partial charge in [0, 0.05) is 13.1 Å². The molecule has 0 radical (unpaired) electrons. The first-order valence-corrected chi connectivity index (χ1v) is 7.65. The van der Waals surface area contributed by atoms with Crippen LogP contribution < -0.4 is 5.32 Å². The van der Waals surface area contributed by atoms with Gasteiger partial charge in [0.05, 0.1) is 11.2 Å². The van der Waals surface area contributed by atoms with Crippen molar-refractivity contribution in [3.8, 4) is 0 Å². The van der Waals surface area contributed by atoms with Gasteiger partial charge in [-0.2, -0.15) is 0 Å². The summed E-state index contributed by atoms with van der Waals surface area (Å²) in [6, 6.07) is 10.7. The summed E-state index contributed by atoms with van der Waals surface area (Å²) in [5.74, 6) is 0. The van der Waals surface area contributed by atoms with Gasteiger partial charge in [0.25, 0.3) is 0 Å². The van der Waals surface area contributed by atoms with E-state index in [0.717, 1.165) is 25.9 Å². The van der Waals surface area contributed by atoms with Crippen molar-refractivity contribution in [1.82, 2.24) is 5.32 Å². The van der Waals surface area contributed by atoms with Crippen molar-refractivity contribution in [3.63, 3.8) is 0 Å². The van der Waals surface area contributed by atoms with Gasteiger partial charge in [0.2, 0.25) is 0 Å². The summed E-state index contributed by atoms with van der Waals surface area (Å²) in [6.45, 7) is 4.32. The van der Waals surface area contributed by atoms with Gasteiger partial charge in [-0.3, -0.25) is 0 Å². The van der Waals surface area contributed by atoms with E-state index in [2.05, 4.69) is 42.6 Å². The van der Waals surface area contributed by atoms with E-state index >= 15 is 0 Å². The molecule has 1 heterocycles. The predicted molar refractivity (Wildman–Crippen MR) is 78.3 cm³/mol. The largest absolute Gasteiger partial charge is 0.366 e. The van der Waals surface area contributed by atoms with Crippen LogP contribution in [-0.4, -0.2) is 24.3 Å². The highest BCUT2D eigenvalue weighted by Gasteiger charge is 2.44. The third kappa shape index (κ3) is 3.01. The molecule has 0 bridgehead atoms. The van der Waals surface area contributed by atoms with Crippen LogP contribution in [-0.2, 0) is 11.2 Å². The Bertz CT molecular complexity index is 411. The molecule has 0 amide bonds. The zero-order chi connectivity index (χ0) is 13.2. The van der Waals surface area contributed by atoms with Gasteiger partial charge in [-0.05, 0) is 38.2 Å². The lowest BCUT2D eigenvalue weighted by atomic mass is 9.90. The highest BCUT2D eigenvalue weighted by molar-refractivity contribution is 5.15. The van der Waals surface area contributed by atoms with Gasteiger partial charge >= 0.3 is 0 Å². The first-order valence-electron chi connectivity index (χ1n) is 7.65. The quantitative estimate of drug-likeness (QED) is 0.899. The van der Waals surface area contributed by atoms with Crippen LogP contribution in [0.2, 0.25) is 0 Å². The zero-order valence-corrected chi connectivity index (χ0v) is 12.0. The van der Waals surface area contributed by atoms with E-state index in [1.165, 1.54) is 31.2 Å². The lowest BCUT2D eigenvalue weighted by Gasteiger charge is -2.46. The minimum atomic E-state index is -0.00156. The summed E-state index contributed by atoms with van der Waals surface area (Å²) in [5, 5.41) is 3.62. The average molecular weight is 259 g/mol. The van der Waals surface area contributed by atoms with E-state index in [4.69, 9.17) is 4.74 Å². The third-order valence-electron chi connectivity index (χ3n) is 4.71. The molecule has 1 saturated heterocycles. The fourth-order valence-electron chi connectivity index (χ4n) is 3.64. The lowest BCUT2D eigenvalue weighted by Crippen LogP contribution is -2.58. The number of aryl methyl sites for hydroxylation is 1. The lowest BCUT2D eigenvalue weighted by molar-refractivity contribution is -0.169. The molecular formula is C17H25NO. The number of hydrogen-bond acceptors (Lipinski definition) is 2. The van der Waals surface area contributed by atoms with Gasteiger partial charge in [0.1, 0.15) is 0 Å². The summed E-state index contributed by atoms with van der Waals surface area (Å²) < 4.78 is 6.58. The number of morpholine rings is 1. The Kier molecular flexibility index (Phi) is 3.64. The Morgan fingerprint density at radius 3 is 2.58 bits per heavy atom. The monoisotopic (exact) mass is 259 g/mol. The molecule has 1 aromatic rings. The second kappa shape index (κ2) is 5.26. The van der Waals surface area contributed by atoms with E-state index in [1.807, 2.05) is 0 Å². The van der Waals surface area contributed by atoms with Crippen molar-refractivity contribution in [3.05, 3.63) is 35.9 Å². The molecule has 3 rings (SSSR count). The molecule has 1 aliphatic carbocycles. The molecule has 1 N–H and O–H groups in total. The van der Waals surface area contributed by atoms with Crippen molar-refractivity contribution in [1.29, 1.82) is 0 Å². The molecule has 1 unspecified atom stereocenters. The first kappa shape index (κ1) is 13.1. The molecule has 1 saturated carbocycles. The third-order valence-corrected chi connectivity index (χ3v) is 4.71. The minimum Gasteiger partial charge on any atom is -0.366 e. The molecule has 1 aliphatic heterocycles. The highest BCUT2D eigenvalue weighted by atomic mass is 16.5. The second-order valence-electron chi connectivity index (χ2n) is 6.53. The van der Waals surface area contributed by atoms with Crippen molar-refractivity contribution < 1.29 is 4.74 Å². The number of benzene rings is 1. The zero-order valence-electron chi connectivity index (χ0n) is 12.0. The average Bonchev–Trinajstić information content (AvgIpc) is 2.85. The molecule has 2 heteroatoms. The summed E-state index contributed by atoms with van der Waals surface area (Å²) in [6.07, 6.45) is 7.34. The van der Waals surface area contributed by atoms with Gasteiger partial charge in [0.15, 0.2) is 0 Å². The molecule has 19 heavy (non-hydrogen) atoms. The fraction of sp³-hybridized carbons (Fsp3) is 0.647. The highest BCUT2D eigenvalue weighted by Crippen LogP contribution is 2.39. The van der Waals surface area contributed by atoms with Crippen LogP contribution in [0.3, 0.4) is 0 Å². The van der Waals surface area contributed by atoms with E-state index < -0.39 is 0 Å². The number of nitrogens with one attached hydrogen (secondary N) is 1. The molecule has 0 aromatic heterocycles. The Balaban J connectivity index is 1.62. The maximum atomic E-state index is 6.58. The minimum absolute atomic E-state index is 0.00156. The van der Waals surface area contributed by atoms with Crippen LogP contribution in [0.25, 0.3) is 0 Å². The van der Waals surface area contributed by atoms with Crippen LogP contribution in [0.15, 0.2) is 30.3 Å². The topological polar surface area (TPSA) is 21.3 Å². The van der Waals surface area contributed by atoms with Gasteiger partial charge in [-0.25, -0.2) is 0 Å². The maximum absolute atomic E-state index is 6.58. The van der Waals surface area contributed by atoms with E-state index in [1.54, 1.807) is 0 Å². The van der Waals surface area contributed by atoms with Crippen LogP contribution in [0.5, 0.6) is 0 Å². The summed E-state index contributed by atoms with van der Waals surface area (Å²) in [5.41, 5.74) is 1.56. The molecule has 2 fully saturated rings. The standard InChI is InChI=1S/C17H25NO/c1-16(12-9-15-7-3-2-4-8-15)13-18-14-17(19-16)10-5-6-11-17/h2-4,7-8,18H,5-6,9-14H2,1H3. The Morgan fingerprint density at radius 1 is 1.11 bits per heavy atom. The smallest absolute Gasteiger partial charge is 0.0814 e. The maximum Gasteiger partial charge on any atom is 0.0814 e. The van der Waals surface area contributed by atoms with Crippen LogP contribution in [0.4, 0.5) is 0 Å². The van der Waals surface area contributed by atoms with E-state index in [-0.39, 0.29) is 11.2 Å². The molecule has 1 aromatic carbocycles. The second-order valence-corrected chi connectivity index (χ2v) is 6.53. The Morgan fingerprint density at radius 2 is 1.84 bits per heavy atom. The summed E-state index contributed by atoms with van der Waals surface area (Å²) in [4.78, 5) is 0. The van der Waals surface area contributed by atoms with Crippen LogP contribution in [0, 0.1) is 0 Å². The van der Waals surface area contributed by atoms with Gasteiger partial charge in [-0.15, -0.1) is 0 Å². The molecular weight excluding hydrogens is 234 g/mol. The molecule has 2 aliphatic rings. The molecule has 2 nitrogen and oxygen atoms in total. The molecule has 1 atom stereocenters. The number of rotatable bonds is 3. The van der Waals surface area contributed by atoms with Crippen molar-refractivity contribution >= 4 is 0 Å².